The minimum atomic E-state index is 0.492. The van der Waals surface area contributed by atoms with E-state index >= 15 is 0 Å². The standard InChI is InChI=1S/C14H19Cl2N3/c1-4-8-19(9-5-2)12-10(15)6-7-11-13(12)18(3)14(16)17-11/h6-7H,4-5,8-9H2,1-3H3. The van der Waals surface area contributed by atoms with Gasteiger partial charge in [0, 0.05) is 20.1 Å². The molecule has 5 heteroatoms. The summed E-state index contributed by atoms with van der Waals surface area (Å²) in [5.41, 5.74) is 2.95. The Hall–Kier alpha value is -0.930. The van der Waals surface area contributed by atoms with E-state index in [9.17, 15) is 0 Å². The molecule has 0 unspecified atom stereocenters. The van der Waals surface area contributed by atoms with Crippen molar-refractivity contribution < 1.29 is 0 Å². The molecule has 0 saturated heterocycles. The number of halogens is 2. The van der Waals surface area contributed by atoms with Crippen molar-refractivity contribution in [3.63, 3.8) is 0 Å². The molecular weight excluding hydrogens is 281 g/mol. The fourth-order valence-corrected chi connectivity index (χ4v) is 2.86. The van der Waals surface area contributed by atoms with Crippen LogP contribution in [0.5, 0.6) is 0 Å². The molecule has 0 saturated carbocycles. The highest BCUT2D eigenvalue weighted by molar-refractivity contribution is 6.35. The van der Waals surface area contributed by atoms with E-state index in [-0.39, 0.29) is 0 Å². The van der Waals surface area contributed by atoms with Crippen molar-refractivity contribution in [3.05, 3.63) is 22.4 Å². The number of nitrogens with zero attached hydrogens (tertiary/aromatic N) is 3. The maximum atomic E-state index is 6.42. The topological polar surface area (TPSA) is 21.1 Å². The summed E-state index contributed by atoms with van der Waals surface area (Å²) in [5, 5.41) is 1.25. The third-order valence-corrected chi connectivity index (χ3v) is 3.85. The van der Waals surface area contributed by atoms with Crippen LogP contribution in [-0.4, -0.2) is 22.6 Å². The van der Waals surface area contributed by atoms with Crippen LogP contribution in [-0.2, 0) is 7.05 Å². The SMILES string of the molecule is CCCN(CCC)c1c(Cl)ccc2nc(Cl)n(C)c12. The Labute approximate surface area is 124 Å². The Morgan fingerprint density at radius 3 is 2.37 bits per heavy atom. The number of rotatable bonds is 5. The average Bonchev–Trinajstić information content (AvgIpc) is 2.66. The van der Waals surface area contributed by atoms with E-state index < -0.39 is 0 Å². The number of hydrogen-bond acceptors (Lipinski definition) is 2. The first-order chi connectivity index (χ1) is 9.10. The lowest BCUT2D eigenvalue weighted by atomic mass is 10.2. The van der Waals surface area contributed by atoms with Gasteiger partial charge in [-0.3, -0.25) is 0 Å². The molecule has 0 bridgehead atoms. The lowest BCUT2D eigenvalue weighted by Gasteiger charge is -2.26. The van der Waals surface area contributed by atoms with Gasteiger partial charge in [-0.1, -0.05) is 25.4 Å². The maximum Gasteiger partial charge on any atom is 0.203 e. The molecule has 3 nitrogen and oxygen atoms in total. The van der Waals surface area contributed by atoms with E-state index in [0.717, 1.165) is 47.7 Å². The van der Waals surface area contributed by atoms with Gasteiger partial charge in [0.25, 0.3) is 0 Å². The third-order valence-electron chi connectivity index (χ3n) is 3.21. The second-order valence-electron chi connectivity index (χ2n) is 4.69. The highest BCUT2D eigenvalue weighted by atomic mass is 35.5. The number of aryl methyl sites for hydroxylation is 1. The second kappa shape index (κ2) is 6.02. The summed E-state index contributed by atoms with van der Waals surface area (Å²) >= 11 is 12.6. The molecule has 104 valence electrons. The third kappa shape index (κ3) is 2.67. The van der Waals surface area contributed by atoms with Gasteiger partial charge in [0.05, 0.1) is 21.7 Å². The number of fused-ring (bicyclic) bond motifs is 1. The van der Waals surface area contributed by atoms with Crippen LogP contribution in [0.1, 0.15) is 26.7 Å². The van der Waals surface area contributed by atoms with Crippen molar-refractivity contribution in [2.45, 2.75) is 26.7 Å². The summed E-state index contributed by atoms with van der Waals surface area (Å²) in [7, 11) is 1.92. The van der Waals surface area contributed by atoms with Gasteiger partial charge >= 0.3 is 0 Å². The van der Waals surface area contributed by atoms with Crippen LogP contribution in [0.15, 0.2) is 12.1 Å². The van der Waals surface area contributed by atoms with Crippen LogP contribution in [0.25, 0.3) is 11.0 Å². The molecule has 2 aromatic rings. The van der Waals surface area contributed by atoms with Crippen molar-refractivity contribution in [2.24, 2.45) is 7.05 Å². The molecule has 0 N–H and O–H groups in total. The number of benzene rings is 1. The zero-order valence-corrected chi connectivity index (χ0v) is 13.1. The minimum Gasteiger partial charge on any atom is -0.369 e. The van der Waals surface area contributed by atoms with Crippen LogP contribution < -0.4 is 4.90 Å². The molecule has 19 heavy (non-hydrogen) atoms. The van der Waals surface area contributed by atoms with Crippen molar-refractivity contribution >= 4 is 39.9 Å². The highest BCUT2D eigenvalue weighted by Crippen LogP contribution is 2.35. The van der Waals surface area contributed by atoms with Crippen molar-refractivity contribution in [1.82, 2.24) is 9.55 Å². The monoisotopic (exact) mass is 299 g/mol. The molecule has 1 heterocycles. The summed E-state index contributed by atoms with van der Waals surface area (Å²) in [6, 6.07) is 3.82. The predicted molar refractivity (Wildman–Crippen MR) is 83.5 cm³/mol. The van der Waals surface area contributed by atoms with Crippen molar-refractivity contribution in [2.75, 3.05) is 18.0 Å². The Bertz CT molecular complexity index is 572. The first-order valence-electron chi connectivity index (χ1n) is 6.65. The summed E-state index contributed by atoms with van der Waals surface area (Å²) in [4.78, 5) is 6.68. The van der Waals surface area contributed by atoms with E-state index in [1.165, 1.54) is 0 Å². The quantitative estimate of drug-likeness (QED) is 0.810. The molecule has 1 aromatic carbocycles. The molecule has 0 fully saturated rings. The van der Waals surface area contributed by atoms with Crippen LogP contribution in [0, 0.1) is 0 Å². The summed E-state index contributed by atoms with van der Waals surface area (Å²) < 4.78 is 1.90. The van der Waals surface area contributed by atoms with E-state index in [2.05, 4.69) is 23.7 Å². The summed E-state index contributed by atoms with van der Waals surface area (Å²) in [6.07, 6.45) is 2.16. The second-order valence-corrected chi connectivity index (χ2v) is 5.44. The van der Waals surface area contributed by atoms with Crippen LogP contribution in [0.3, 0.4) is 0 Å². The molecule has 0 spiro atoms. The van der Waals surface area contributed by atoms with Gasteiger partial charge in [0.2, 0.25) is 5.28 Å². The lowest BCUT2D eigenvalue weighted by Crippen LogP contribution is -2.25. The average molecular weight is 300 g/mol. The smallest absolute Gasteiger partial charge is 0.203 e. The zero-order chi connectivity index (χ0) is 14.0. The number of aromatic nitrogens is 2. The molecule has 0 aliphatic heterocycles. The maximum absolute atomic E-state index is 6.42. The van der Waals surface area contributed by atoms with Gasteiger partial charge in [-0.05, 0) is 36.6 Å². The van der Waals surface area contributed by atoms with Gasteiger partial charge in [0.1, 0.15) is 0 Å². The lowest BCUT2D eigenvalue weighted by molar-refractivity contribution is 0.745. The normalized spacial score (nSPS) is 11.2. The Morgan fingerprint density at radius 1 is 1.16 bits per heavy atom. The summed E-state index contributed by atoms with van der Waals surface area (Å²) in [6.45, 7) is 6.31. The first kappa shape index (κ1) is 14.5. The van der Waals surface area contributed by atoms with E-state index in [1.807, 2.05) is 23.7 Å². The zero-order valence-electron chi connectivity index (χ0n) is 11.6. The summed E-state index contributed by atoms with van der Waals surface area (Å²) in [5.74, 6) is 0. The Morgan fingerprint density at radius 2 is 1.79 bits per heavy atom. The minimum absolute atomic E-state index is 0.492. The van der Waals surface area contributed by atoms with Crippen LogP contribution in [0.2, 0.25) is 10.3 Å². The number of imidazole rings is 1. The van der Waals surface area contributed by atoms with E-state index in [1.54, 1.807) is 0 Å². The van der Waals surface area contributed by atoms with Gasteiger partial charge in [0.15, 0.2) is 0 Å². The molecule has 0 aliphatic rings. The van der Waals surface area contributed by atoms with E-state index in [0.29, 0.717) is 5.28 Å². The fourth-order valence-electron chi connectivity index (χ4n) is 2.41. The van der Waals surface area contributed by atoms with Gasteiger partial charge in [-0.25, -0.2) is 4.98 Å². The fraction of sp³-hybridized carbons (Fsp3) is 0.500. The van der Waals surface area contributed by atoms with Gasteiger partial charge in [-0.2, -0.15) is 0 Å². The molecule has 0 aliphatic carbocycles. The van der Waals surface area contributed by atoms with Gasteiger partial charge < -0.3 is 9.47 Å². The largest absolute Gasteiger partial charge is 0.369 e. The molecule has 0 radical (unpaired) electrons. The first-order valence-corrected chi connectivity index (χ1v) is 7.41. The van der Waals surface area contributed by atoms with E-state index in [4.69, 9.17) is 23.2 Å². The molecule has 0 amide bonds. The number of hydrogen-bond donors (Lipinski definition) is 0. The van der Waals surface area contributed by atoms with Crippen LogP contribution in [0.4, 0.5) is 5.69 Å². The Balaban J connectivity index is 2.64. The predicted octanol–water partition coefficient (Wildman–Crippen LogP) is 4.51. The molecule has 1 aromatic heterocycles. The molecule has 2 rings (SSSR count). The highest BCUT2D eigenvalue weighted by Gasteiger charge is 2.18. The Kier molecular flexibility index (Phi) is 4.58. The van der Waals surface area contributed by atoms with Gasteiger partial charge in [-0.15, -0.1) is 0 Å². The molecular formula is C14H19Cl2N3. The van der Waals surface area contributed by atoms with Crippen molar-refractivity contribution in [1.29, 1.82) is 0 Å². The van der Waals surface area contributed by atoms with Crippen molar-refractivity contribution in [3.8, 4) is 0 Å². The number of anilines is 1. The van der Waals surface area contributed by atoms with Crippen LogP contribution >= 0.6 is 23.2 Å². The molecule has 0 atom stereocenters.